The molecule has 0 aliphatic carbocycles. The minimum atomic E-state index is -0.337. The van der Waals surface area contributed by atoms with E-state index >= 15 is 0 Å². The van der Waals surface area contributed by atoms with E-state index in [2.05, 4.69) is 15.5 Å². The van der Waals surface area contributed by atoms with E-state index in [-0.39, 0.29) is 18.4 Å². The summed E-state index contributed by atoms with van der Waals surface area (Å²) in [6, 6.07) is 11.9. The Balaban J connectivity index is 1.57. The number of anilines is 3. The molecule has 1 fully saturated rings. The van der Waals surface area contributed by atoms with Crippen LogP contribution >= 0.6 is 11.6 Å². The molecule has 182 valence electrons. The SMILES string of the molecule is Cc1cc(F)ccc1-c1nc(NCCN2CCCCC2)nc2c1C(=O)NCN2c1ccccc1Cl. The van der Waals surface area contributed by atoms with Gasteiger partial charge in [0, 0.05) is 18.7 Å². The van der Waals surface area contributed by atoms with Gasteiger partial charge in [-0.15, -0.1) is 0 Å². The van der Waals surface area contributed by atoms with Crippen LogP contribution in [0, 0.1) is 12.7 Å². The van der Waals surface area contributed by atoms with Crippen molar-refractivity contribution >= 4 is 35.0 Å². The zero-order valence-corrected chi connectivity index (χ0v) is 20.4. The van der Waals surface area contributed by atoms with Crippen molar-refractivity contribution in [3.8, 4) is 11.3 Å². The molecule has 3 aromatic rings. The van der Waals surface area contributed by atoms with Crippen LogP contribution in [-0.4, -0.2) is 53.6 Å². The normalized spacial score (nSPS) is 16.1. The second-order valence-corrected chi connectivity index (χ2v) is 9.33. The minimum Gasteiger partial charge on any atom is -0.353 e. The van der Waals surface area contributed by atoms with Gasteiger partial charge in [-0.2, -0.15) is 4.98 Å². The molecule has 5 rings (SSSR count). The fraction of sp³-hybridized carbons (Fsp3) is 0.346. The van der Waals surface area contributed by atoms with Crippen LogP contribution in [0.2, 0.25) is 5.02 Å². The van der Waals surface area contributed by atoms with E-state index in [0.717, 1.165) is 25.3 Å². The van der Waals surface area contributed by atoms with Gasteiger partial charge >= 0.3 is 0 Å². The molecule has 0 saturated carbocycles. The fourth-order valence-electron chi connectivity index (χ4n) is 4.71. The summed E-state index contributed by atoms with van der Waals surface area (Å²) in [4.78, 5) is 26.9. The number of halogens is 2. The molecule has 3 heterocycles. The first-order valence-corrected chi connectivity index (χ1v) is 12.3. The summed E-state index contributed by atoms with van der Waals surface area (Å²) < 4.78 is 13.9. The first-order chi connectivity index (χ1) is 17.0. The lowest BCUT2D eigenvalue weighted by Gasteiger charge is -2.32. The molecule has 0 spiro atoms. The fourth-order valence-corrected chi connectivity index (χ4v) is 4.95. The number of nitrogens with one attached hydrogen (secondary N) is 2. The average molecular weight is 495 g/mol. The maximum absolute atomic E-state index is 13.9. The van der Waals surface area contributed by atoms with Crippen LogP contribution in [0.4, 0.5) is 21.8 Å². The Kier molecular flexibility index (Phi) is 6.83. The number of fused-ring (bicyclic) bond motifs is 1. The van der Waals surface area contributed by atoms with Crippen molar-refractivity contribution in [3.05, 3.63) is 64.4 Å². The number of benzene rings is 2. The lowest BCUT2D eigenvalue weighted by atomic mass is 9.99. The summed E-state index contributed by atoms with van der Waals surface area (Å²) in [7, 11) is 0. The van der Waals surface area contributed by atoms with Crippen molar-refractivity contribution in [2.24, 2.45) is 0 Å². The van der Waals surface area contributed by atoms with Gasteiger partial charge in [0.2, 0.25) is 5.95 Å². The van der Waals surface area contributed by atoms with Crippen molar-refractivity contribution < 1.29 is 9.18 Å². The molecule has 2 aliphatic heterocycles. The van der Waals surface area contributed by atoms with E-state index < -0.39 is 0 Å². The predicted molar refractivity (Wildman–Crippen MR) is 137 cm³/mol. The molecular formula is C26H28ClFN6O. The van der Waals surface area contributed by atoms with Gasteiger partial charge in [-0.1, -0.05) is 30.2 Å². The Bertz CT molecular complexity index is 1250. The molecule has 1 saturated heterocycles. The number of carbonyl (C=O) groups is 1. The molecule has 9 heteroatoms. The van der Waals surface area contributed by atoms with Crippen LogP contribution < -0.4 is 15.5 Å². The van der Waals surface area contributed by atoms with Crippen LogP contribution in [-0.2, 0) is 0 Å². The van der Waals surface area contributed by atoms with E-state index in [1.807, 2.05) is 30.0 Å². The van der Waals surface area contributed by atoms with Crippen molar-refractivity contribution in [2.75, 3.05) is 43.1 Å². The lowest BCUT2D eigenvalue weighted by Crippen LogP contribution is -2.42. The third-order valence-corrected chi connectivity index (χ3v) is 6.84. The molecule has 35 heavy (non-hydrogen) atoms. The van der Waals surface area contributed by atoms with Crippen molar-refractivity contribution in [2.45, 2.75) is 26.2 Å². The highest BCUT2D eigenvalue weighted by atomic mass is 35.5. The topological polar surface area (TPSA) is 73.4 Å². The van der Waals surface area contributed by atoms with Crippen LogP contribution in [0.25, 0.3) is 11.3 Å². The predicted octanol–water partition coefficient (Wildman–Crippen LogP) is 4.98. The molecule has 1 amide bonds. The molecule has 1 aromatic heterocycles. The summed E-state index contributed by atoms with van der Waals surface area (Å²) >= 11 is 6.51. The van der Waals surface area contributed by atoms with Crippen molar-refractivity contribution in [3.63, 3.8) is 0 Å². The van der Waals surface area contributed by atoms with E-state index in [1.165, 1.54) is 31.4 Å². The van der Waals surface area contributed by atoms with E-state index in [4.69, 9.17) is 21.6 Å². The van der Waals surface area contributed by atoms with E-state index in [9.17, 15) is 9.18 Å². The van der Waals surface area contributed by atoms with Gasteiger partial charge in [-0.25, -0.2) is 9.37 Å². The number of aryl methyl sites for hydroxylation is 1. The Labute approximate surface area is 209 Å². The number of hydrogen-bond acceptors (Lipinski definition) is 6. The van der Waals surface area contributed by atoms with E-state index in [1.54, 1.807) is 12.1 Å². The molecule has 7 nitrogen and oxygen atoms in total. The second kappa shape index (κ2) is 10.2. The van der Waals surface area contributed by atoms with Crippen LogP contribution in [0.1, 0.15) is 35.2 Å². The Morgan fingerprint density at radius 3 is 2.69 bits per heavy atom. The number of likely N-dealkylation sites (tertiary alicyclic amines) is 1. The quantitative estimate of drug-likeness (QED) is 0.503. The standard InChI is InChI=1S/C26H28ClFN6O/c1-17-15-18(28)9-10-19(17)23-22-24(32-26(31-23)29-11-14-33-12-5-2-6-13-33)34(16-30-25(22)35)21-8-4-3-7-20(21)27/h3-4,7-10,15H,2,5-6,11-14,16H2,1H3,(H,30,35)(H,29,31,32). The Hall–Kier alpha value is -3.23. The third kappa shape index (κ3) is 4.94. The van der Waals surface area contributed by atoms with Gasteiger partial charge in [0.25, 0.3) is 5.91 Å². The molecule has 0 radical (unpaired) electrons. The molecule has 0 atom stereocenters. The molecular weight excluding hydrogens is 467 g/mol. The third-order valence-electron chi connectivity index (χ3n) is 6.52. The second-order valence-electron chi connectivity index (χ2n) is 8.93. The van der Waals surface area contributed by atoms with Crippen LogP contribution in [0.5, 0.6) is 0 Å². The van der Waals surface area contributed by atoms with Crippen LogP contribution in [0.3, 0.4) is 0 Å². The number of piperidine rings is 1. The molecule has 2 aromatic carbocycles. The molecule has 2 aliphatic rings. The number of carbonyl (C=O) groups excluding carboxylic acids is 1. The highest BCUT2D eigenvalue weighted by Crippen LogP contribution is 2.38. The van der Waals surface area contributed by atoms with Crippen molar-refractivity contribution in [1.29, 1.82) is 0 Å². The van der Waals surface area contributed by atoms with Gasteiger partial charge in [0.05, 0.1) is 23.1 Å². The first-order valence-electron chi connectivity index (χ1n) is 12.0. The summed E-state index contributed by atoms with van der Waals surface area (Å²) in [6.07, 6.45) is 3.74. The largest absolute Gasteiger partial charge is 0.353 e. The van der Waals surface area contributed by atoms with Gasteiger partial charge in [-0.05, 0) is 68.8 Å². The number of aromatic nitrogens is 2. The van der Waals surface area contributed by atoms with Gasteiger partial charge in [-0.3, -0.25) is 4.79 Å². The van der Waals surface area contributed by atoms with E-state index in [0.29, 0.717) is 45.7 Å². The number of nitrogens with zero attached hydrogens (tertiary/aromatic N) is 4. The summed E-state index contributed by atoms with van der Waals surface area (Å²) in [6.45, 7) is 5.81. The molecule has 0 unspecified atom stereocenters. The van der Waals surface area contributed by atoms with Crippen molar-refractivity contribution in [1.82, 2.24) is 20.2 Å². The average Bonchev–Trinajstić information content (AvgIpc) is 2.85. The lowest BCUT2D eigenvalue weighted by molar-refractivity contribution is 0.0949. The maximum Gasteiger partial charge on any atom is 0.258 e. The van der Waals surface area contributed by atoms with Gasteiger partial charge in [0.15, 0.2) is 5.82 Å². The summed E-state index contributed by atoms with van der Waals surface area (Å²) in [5, 5.41) is 6.81. The minimum absolute atomic E-state index is 0.224. The summed E-state index contributed by atoms with van der Waals surface area (Å²) in [5.41, 5.74) is 2.90. The number of para-hydroxylation sites is 1. The molecule has 0 bridgehead atoms. The zero-order chi connectivity index (χ0) is 24.4. The maximum atomic E-state index is 13.9. The summed E-state index contributed by atoms with van der Waals surface area (Å²) in [5.74, 6) is 0.278. The highest BCUT2D eigenvalue weighted by Gasteiger charge is 2.32. The Morgan fingerprint density at radius 1 is 1.11 bits per heavy atom. The smallest absolute Gasteiger partial charge is 0.258 e. The first kappa shape index (κ1) is 23.5. The highest BCUT2D eigenvalue weighted by molar-refractivity contribution is 6.33. The Morgan fingerprint density at radius 2 is 1.91 bits per heavy atom. The zero-order valence-electron chi connectivity index (χ0n) is 19.7. The number of rotatable bonds is 6. The van der Waals surface area contributed by atoms with Gasteiger partial charge < -0.3 is 20.4 Å². The number of amides is 1. The van der Waals surface area contributed by atoms with Crippen LogP contribution in [0.15, 0.2) is 42.5 Å². The number of hydrogen-bond donors (Lipinski definition) is 2. The van der Waals surface area contributed by atoms with Gasteiger partial charge in [0.1, 0.15) is 11.4 Å². The molecule has 2 N–H and O–H groups in total. The monoisotopic (exact) mass is 494 g/mol.